The zero-order valence-electron chi connectivity index (χ0n) is 18.7. The molecule has 2 aromatic carbocycles. The molecule has 1 heterocycles. The van der Waals surface area contributed by atoms with Crippen molar-refractivity contribution in [3.63, 3.8) is 0 Å². The predicted octanol–water partition coefficient (Wildman–Crippen LogP) is 3.46. The monoisotopic (exact) mass is 446 g/mol. The minimum absolute atomic E-state index is 0.0329. The van der Waals surface area contributed by atoms with Crippen molar-refractivity contribution in [3.05, 3.63) is 82.9 Å². The summed E-state index contributed by atoms with van der Waals surface area (Å²) in [6.45, 7) is 1.96. The van der Waals surface area contributed by atoms with Crippen LogP contribution in [0.25, 0.3) is 16.8 Å². The van der Waals surface area contributed by atoms with Gasteiger partial charge in [-0.15, -0.1) is 0 Å². The molecule has 2 unspecified atom stereocenters. The van der Waals surface area contributed by atoms with E-state index in [1.165, 1.54) is 13.3 Å². The molecule has 0 bridgehead atoms. The summed E-state index contributed by atoms with van der Waals surface area (Å²) in [7, 11) is 3.14. The minimum Gasteiger partial charge on any atom is -0.478 e. The minimum atomic E-state index is -0.978. The Morgan fingerprint density at radius 1 is 1.24 bits per heavy atom. The summed E-state index contributed by atoms with van der Waals surface area (Å²) >= 11 is 0. The summed E-state index contributed by atoms with van der Waals surface area (Å²) < 4.78 is 6.76. The van der Waals surface area contributed by atoms with Crippen molar-refractivity contribution in [3.8, 4) is 16.8 Å². The number of esters is 1. The van der Waals surface area contributed by atoms with Crippen molar-refractivity contribution >= 4 is 11.9 Å². The Morgan fingerprint density at radius 3 is 2.73 bits per heavy atom. The maximum atomic E-state index is 12.5. The second-order valence-corrected chi connectivity index (χ2v) is 8.17. The Hall–Kier alpha value is -4.07. The number of aryl methyl sites for hydroxylation is 1. The van der Waals surface area contributed by atoms with E-state index in [4.69, 9.17) is 10.5 Å². The lowest BCUT2D eigenvalue weighted by atomic mass is 10.0. The molecule has 0 saturated heterocycles. The van der Waals surface area contributed by atoms with Crippen LogP contribution in [0.15, 0.2) is 60.6 Å². The number of ether oxygens (including phenoxy) is 1. The molecular formula is C25H26N4O4. The number of nitrogens with two attached hydrogens (primary N) is 1. The van der Waals surface area contributed by atoms with Crippen molar-refractivity contribution in [2.45, 2.75) is 19.3 Å². The van der Waals surface area contributed by atoms with E-state index in [1.807, 2.05) is 31.2 Å². The first-order valence-corrected chi connectivity index (χ1v) is 10.6. The molecular weight excluding hydrogens is 420 g/mol. The first-order chi connectivity index (χ1) is 15.8. The van der Waals surface area contributed by atoms with Crippen molar-refractivity contribution in [1.82, 2.24) is 15.1 Å². The number of nitrogens with zero attached hydrogens (tertiary/aromatic N) is 2. The van der Waals surface area contributed by atoms with Crippen LogP contribution in [0.2, 0.25) is 0 Å². The summed E-state index contributed by atoms with van der Waals surface area (Å²) in [6, 6.07) is 12.7. The highest BCUT2D eigenvalue weighted by molar-refractivity contribution is 5.91. The number of rotatable bonds is 7. The van der Waals surface area contributed by atoms with Crippen LogP contribution in [0, 0.1) is 12.8 Å². The van der Waals surface area contributed by atoms with E-state index in [2.05, 4.69) is 10.4 Å². The van der Waals surface area contributed by atoms with E-state index >= 15 is 0 Å². The highest BCUT2D eigenvalue weighted by Crippen LogP contribution is 2.51. The van der Waals surface area contributed by atoms with Crippen LogP contribution in [0.1, 0.15) is 44.3 Å². The van der Waals surface area contributed by atoms with E-state index in [-0.39, 0.29) is 17.4 Å². The summed E-state index contributed by atoms with van der Waals surface area (Å²) in [5, 5.41) is 16.8. The molecule has 2 atom stereocenters. The number of hydrogen-bond acceptors (Lipinski definition) is 6. The molecule has 3 aromatic rings. The van der Waals surface area contributed by atoms with Gasteiger partial charge >= 0.3 is 11.9 Å². The lowest BCUT2D eigenvalue weighted by Gasteiger charge is -2.13. The van der Waals surface area contributed by atoms with Gasteiger partial charge in [-0.05, 0) is 54.3 Å². The van der Waals surface area contributed by atoms with Gasteiger partial charge in [0, 0.05) is 30.8 Å². The standard InChI is InChI=1S/C25H26N4O4/c1-14-7-17(15-5-4-6-16(9-15)24(30)31)10-18(8-14)29-23(21(12-28-29)25(32)33-3)20-11-19(20)22(26)13-27-2/h4-10,12-13,19-20,27H,11,26H2,1-3H3,(H,30,31)/b22-13-. The number of carbonyl (C=O) groups is 2. The van der Waals surface area contributed by atoms with Crippen LogP contribution in [0.3, 0.4) is 0 Å². The number of nitrogens with one attached hydrogen (secondary N) is 1. The van der Waals surface area contributed by atoms with Gasteiger partial charge < -0.3 is 20.9 Å². The lowest BCUT2D eigenvalue weighted by molar-refractivity contribution is 0.0598. The maximum absolute atomic E-state index is 12.5. The number of carboxylic acid groups (broad SMARTS) is 1. The second-order valence-electron chi connectivity index (χ2n) is 8.17. The number of hydrogen-bond donors (Lipinski definition) is 3. The van der Waals surface area contributed by atoms with Gasteiger partial charge in [0.25, 0.3) is 0 Å². The third kappa shape index (κ3) is 4.32. The third-order valence-corrected chi connectivity index (χ3v) is 5.84. The molecule has 1 aliphatic rings. The van der Waals surface area contributed by atoms with E-state index in [0.717, 1.165) is 40.2 Å². The van der Waals surface area contributed by atoms with Crippen molar-refractivity contribution < 1.29 is 19.4 Å². The smallest absolute Gasteiger partial charge is 0.341 e. The molecule has 8 heteroatoms. The second kappa shape index (κ2) is 8.82. The van der Waals surface area contributed by atoms with Crippen LogP contribution in [0.5, 0.6) is 0 Å². The number of allylic oxidation sites excluding steroid dienone is 1. The van der Waals surface area contributed by atoms with Crippen LogP contribution in [0.4, 0.5) is 0 Å². The van der Waals surface area contributed by atoms with Gasteiger partial charge in [-0.25, -0.2) is 14.3 Å². The number of carbonyl (C=O) groups excluding carboxylic acids is 1. The predicted molar refractivity (Wildman–Crippen MR) is 124 cm³/mol. The van der Waals surface area contributed by atoms with Gasteiger partial charge in [-0.2, -0.15) is 5.10 Å². The van der Waals surface area contributed by atoms with Gasteiger partial charge in [0.15, 0.2) is 0 Å². The zero-order chi connectivity index (χ0) is 23.7. The fourth-order valence-electron chi connectivity index (χ4n) is 4.21. The number of aromatic carboxylic acids is 1. The van der Waals surface area contributed by atoms with Gasteiger partial charge in [-0.1, -0.05) is 18.2 Å². The quantitative estimate of drug-likeness (QED) is 0.476. The van der Waals surface area contributed by atoms with Crippen molar-refractivity contribution in [2.24, 2.45) is 11.7 Å². The Morgan fingerprint density at radius 2 is 2.03 bits per heavy atom. The van der Waals surface area contributed by atoms with Crippen molar-refractivity contribution in [2.75, 3.05) is 14.2 Å². The molecule has 0 aliphatic heterocycles. The van der Waals surface area contributed by atoms with Crippen molar-refractivity contribution in [1.29, 1.82) is 0 Å². The van der Waals surface area contributed by atoms with Gasteiger partial charge in [-0.3, -0.25) is 0 Å². The van der Waals surface area contributed by atoms with Gasteiger partial charge in [0.2, 0.25) is 0 Å². The summed E-state index contributed by atoms with van der Waals surface area (Å²) in [6.07, 6.45) is 4.10. The van der Waals surface area contributed by atoms with Gasteiger partial charge in [0.05, 0.1) is 30.3 Å². The molecule has 170 valence electrons. The highest BCUT2D eigenvalue weighted by atomic mass is 16.5. The molecule has 4 N–H and O–H groups in total. The van der Waals surface area contributed by atoms with E-state index < -0.39 is 11.9 Å². The molecule has 8 nitrogen and oxygen atoms in total. The SMILES string of the molecule is CN/C=C(\N)C1CC1c1c(C(=O)OC)cnn1-c1cc(C)cc(-c2cccc(C(=O)O)c2)c1. The number of benzene rings is 2. The van der Waals surface area contributed by atoms with Crippen LogP contribution >= 0.6 is 0 Å². The molecule has 1 aromatic heterocycles. The number of methoxy groups -OCH3 is 1. The Labute approximate surface area is 191 Å². The molecule has 0 spiro atoms. The molecule has 4 rings (SSSR count). The lowest BCUT2D eigenvalue weighted by Crippen LogP contribution is -2.11. The zero-order valence-corrected chi connectivity index (χ0v) is 18.7. The fraction of sp³-hybridized carbons (Fsp3) is 0.240. The topological polar surface area (TPSA) is 119 Å². The molecule has 33 heavy (non-hydrogen) atoms. The average Bonchev–Trinajstić information content (AvgIpc) is 3.48. The first-order valence-electron chi connectivity index (χ1n) is 10.6. The number of aromatic nitrogens is 2. The molecule has 1 aliphatic carbocycles. The fourth-order valence-corrected chi connectivity index (χ4v) is 4.21. The highest BCUT2D eigenvalue weighted by Gasteiger charge is 2.45. The largest absolute Gasteiger partial charge is 0.478 e. The van der Waals surface area contributed by atoms with E-state index in [0.29, 0.717) is 5.56 Å². The normalized spacial score (nSPS) is 17.5. The van der Waals surface area contributed by atoms with Crippen LogP contribution in [-0.4, -0.2) is 41.0 Å². The summed E-state index contributed by atoms with van der Waals surface area (Å²) in [5.74, 6) is -1.28. The maximum Gasteiger partial charge on any atom is 0.341 e. The van der Waals surface area contributed by atoms with E-state index in [1.54, 1.807) is 36.1 Å². The van der Waals surface area contributed by atoms with E-state index in [9.17, 15) is 14.7 Å². The molecule has 1 fully saturated rings. The first kappa shape index (κ1) is 22.1. The summed E-state index contributed by atoms with van der Waals surface area (Å²) in [4.78, 5) is 23.9. The molecule has 0 radical (unpaired) electrons. The Kier molecular flexibility index (Phi) is 5.91. The van der Waals surface area contributed by atoms with Crippen LogP contribution in [-0.2, 0) is 4.74 Å². The Balaban J connectivity index is 1.81. The average molecular weight is 447 g/mol. The Bertz CT molecular complexity index is 1260. The number of carboxylic acids is 1. The molecule has 1 saturated carbocycles. The van der Waals surface area contributed by atoms with Gasteiger partial charge in [0.1, 0.15) is 5.56 Å². The molecule has 0 amide bonds. The third-order valence-electron chi connectivity index (χ3n) is 5.84. The van der Waals surface area contributed by atoms with Crippen LogP contribution < -0.4 is 11.1 Å². The summed E-state index contributed by atoms with van der Waals surface area (Å²) in [5.41, 5.74) is 11.7.